The molecule has 0 radical (unpaired) electrons. The van der Waals surface area contributed by atoms with Crippen molar-refractivity contribution < 1.29 is 0 Å². The van der Waals surface area contributed by atoms with E-state index in [9.17, 15) is 0 Å². The smallest absolute Gasteiger partial charge is 0.000397 e. The van der Waals surface area contributed by atoms with Gasteiger partial charge in [-0.2, -0.15) is 0 Å². The van der Waals surface area contributed by atoms with Crippen LogP contribution in [-0.4, -0.2) is 25.0 Å². The van der Waals surface area contributed by atoms with Gasteiger partial charge in [-0.05, 0) is 32.4 Å². The summed E-state index contributed by atoms with van der Waals surface area (Å²) in [7, 11) is 2.22. The standard InChI is InChI=1S/C8H17N/c1-8-5-3-4-6-9(2)7-8/h8H,3-7H2,1-2H3. The molecule has 1 heteroatoms. The van der Waals surface area contributed by atoms with E-state index in [1.165, 1.54) is 32.4 Å². The molecule has 0 aromatic carbocycles. The minimum absolute atomic E-state index is 0.928. The highest BCUT2D eigenvalue weighted by atomic mass is 15.1. The number of hydrogen-bond donors (Lipinski definition) is 0. The quantitative estimate of drug-likeness (QED) is 0.479. The molecule has 1 rings (SSSR count). The summed E-state index contributed by atoms with van der Waals surface area (Å²) >= 11 is 0. The summed E-state index contributed by atoms with van der Waals surface area (Å²) in [6.45, 7) is 4.96. The van der Waals surface area contributed by atoms with Crippen molar-refractivity contribution in [1.82, 2.24) is 4.90 Å². The molecular weight excluding hydrogens is 110 g/mol. The molecule has 0 bridgehead atoms. The highest BCUT2D eigenvalue weighted by molar-refractivity contribution is 4.64. The van der Waals surface area contributed by atoms with E-state index in [4.69, 9.17) is 0 Å². The van der Waals surface area contributed by atoms with E-state index in [2.05, 4.69) is 18.9 Å². The second-order valence-electron chi connectivity index (χ2n) is 3.36. The summed E-state index contributed by atoms with van der Waals surface area (Å²) in [5, 5.41) is 0. The van der Waals surface area contributed by atoms with E-state index in [1.807, 2.05) is 0 Å². The maximum Gasteiger partial charge on any atom is 0.000397 e. The van der Waals surface area contributed by atoms with Crippen molar-refractivity contribution in [1.29, 1.82) is 0 Å². The fourth-order valence-electron chi connectivity index (χ4n) is 1.59. The van der Waals surface area contributed by atoms with Gasteiger partial charge < -0.3 is 4.90 Å². The predicted molar refractivity (Wildman–Crippen MR) is 40.5 cm³/mol. The van der Waals surface area contributed by atoms with E-state index >= 15 is 0 Å². The van der Waals surface area contributed by atoms with Crippen LogP contribution in [-0.2, 0) is 0 Å². The first kappa shape index (κ1) is 7.07. The normalized spacial score (nSPS) is 32.0. The Kier molecular flexibility index (Phi) is 2.52. The van der Waals surface area contributed by atoms with Gasteiger partial charge in [-0.3, -0.25) is 0 Å². The first-order chi connectivity index (χ1) is 4.29. The molecule has 9 heavy (non-hydrogen) atoms. The Hall–Kier alpha value is -0.0400. The van der Waals surface area contributed by atoms with E-state index < -0.39 is 0 Å². The van der Waals surface area contributed by atoms with Gasteiger partial charge in [0.2, 0.25) is 0 Å². The lowest BCUT2D eigenvalue weighted by Gasteiger charge is -2.15. The summed E-state index contributed by atoms with van der Waals surface area (Å²) in [6.07, 6.45) is 4.27. The zero-order chi connectivity index (χ0) is 6.69. The van der Waals surface area contributed by atoms with Crippen LogP contribution in [0.4, 0.5) is 0 Å². The van der Waals surface area contributed by atoms with Crippen molar-refractivity contribution in [2.24, 2.45) is 5.92 Å². The van der Waals surface area contributed by atoms with Gasteiger partial charge in [0.25, 0.3) is 0 Å². The van der Waals surface area contributed by atoms with E-state index in [1.54, 1.807) is 0 Å². The van der Waals surface area contributed by atoms with Gasteiger partial charge in [0.1, 0.15) is 0 Å². The van der Waals surface area contributed by atoms with Crippen molar-refractivity contribution in [3.63, 3.8) is 0 Å². The lowest BCUT2D eigenvalue weighted by Crippen LogP contribution is -2.22. The molecule has 54 valence electrons. The molecule has 0 N–H and O–H groups in total. The van der Waals surface area contributed by atoms with E-state index in [0.29, 0.717) is 0 Å². The molecule has 1 fully saturated rings. The first-order valence-electron chi connectivity index (χ1n) is 3.97. The van der Waals surface area contributed by atoms with Crippen molar-refractivity contribution in [2.75, 3.05) is 20.1 Å². The lowest BCUT2D eigenvalue weighted by atomic mass is 10.1. The van der Waals surface area contributed by atoms with E-state index in [0.717, 1.165) is 5.92 Å². The average molecular weight is 127 g/mol. The number of likely N-dealkylation sites (tertiary alicyclic amines) is 1. The number of rotatable bonds is 0. The largest absolute Gasteiger partial charge is 0.306 e. The van der Waals surface area contributed by atoms with Gasteiger partial charge in [-0.1, -0.05) is 13.3 Å². The molecule has 1 aliphatic heterocycles. The molecule has 1 heterocycles. The van der Waals surface area contributed by atoms with E-state index in [-0.39, 0.29) is 0 Å². The first-order valence-corrected chi connectivity index (χ1v) is 3.97. The minimum Gasteiger partial charge on any atom is -0.306 e. The summed E-state index contributed by atoms with van der Waals surface area (Å²) in [6, 6.07) is 0. The Morgan fingerprint density at radius 3 is 2.89 bits per heavy atom. The molecule has 1 nitrogen and oxygen atoms in total. The Morgan fingerprint density at radius 2 is 2.11 bits per heavy atom. The Labute approximate surface area is 58.0 Å². The summed E-state index contributed by atoms with van der Waals surface area (Å²) < 4.78 is 0. The highest BCUT2D eigenvalue weighted by Crippen LogP contribution is 2.13. The second-order valence-corrected chi connectivity index (χ2v) is 3.36. The van der Waals surface area contributed by atoms with Gasteiger partial charge >= 0.3 is 0 Å². The molecule has 0 saturated carbocycles. The molecule has 0 aliphatic carbocycles. The summed E-state index contributed by atoms with van der Waals surface area (Å²) in [5.74, 6) is 0.928. The van der Waals surface area contributed by atoms with Crippen LogP contribution >= 0.6 is 0 Å². The van der Waals surface area contributed by atoms with Crippen LogP contribution in [0.15, 0.2) is 0 Å². The third kappa shape index (κ3) is 2.35. The fraction of sp³-hybridized carbons (Fsp3) is 1.00. The lowest BCUT2D eigenvalue weighted by molar-refractivity contribution is 0.310. The Balaban J connectivity index is 2.29. The number of nitrogens with zero attached hydrogens (tertiary/aromatic N) is 1. The summed E-state index contributed by atoms with van der Waals surface area (Å²) in [5.41, 5.74) is 0. The molecular formula is C8H17N. The maximum atomic E-state index is 2.44. The van der Waals surface area contributed by atoms with Crippen molar-refractivity contribution in [3.05, 3.63) is 0 Å². The molecule has 1 atom stereocenters. The zero-order valence-electron chi connectivity index (χ0n) is 6.56. The van der Waals surface area contributed by atoms with Crippen LogP contribution in [0.1, 0.15) is 26.2 Å². The molecule has 0 spiro atoms. The third-order valence-electron chi connectivity index (χ3n) is 2.11. The van der Waals surface area contributed by atoms with Crippen LogP contribution in [0.3, 0.4) is 0 Å². The van der Waals surface area contributed by atoms with Crippen LogP contribution in [0.25, 0.3) is 0 Å². The predicted octanol–water partition coefficient (Wildman–Crippen LogP) is 1.74. The molecule has 0 aromatic heterocycles. The van der Waals surface area contributed by atoms with Crippen molar-refractivity contribution >= 4 is 0 Å². The van der Waals surface area contributed by atoms with Gasteiger partial charge in [0.05, 0.1) is 0 Å². The second kappa shape index (κ2) is 3.21. The molecule has 1 saturated heterocycles. The molecule has 1 aliphatic rings. The van der Waals surface area contributed by atoms with Crippen LogP contribution in [0.5, 0.6) is 0 Å². The maximum absolute atomic E-state index is 2.44. The Bertz CT molecular complexity index is 70.6. The number of hydrogen-bond acceptors (Lipinski definition) is 1. The zero-order valence-corrected chi connectivity index (χ0v) is 6.56. The molecule has 1 unspecified atom stereocenters. The third-order valence-corrected chi connectivity index (χ3v) is 2.11. The minimum atomic E-state index is 0.928. The van der Waals surface area contributed by atoms with Gasteiger partial charge in [0, 0.05) is 6.54 Å². The topological polar surface area (TPSA) is 3.24 Å². The SMILES string of the molecule is CC1CCCCN(C)C1. The average Bonchev–Trinajstić information content (AvgIpc) is 1.93. The van der Waals surface area contributed by atoms with Crippen LogP contribution in [0.2, 0.25) is 0 Å². The fourth-order valence-corrected chi connectivity index (χ4v) is 1.59. The Morgan fingerprint density at radius 1 is 1.33 bits per heavy atom. The van der Waals surface area contributed by atoms with Gasteiger partial charge in [0.15, 0.2) is 0 Å². The molecule has 0 amide bonds. The monoisotopic (exact) mass is 127 g/mol. The summed E-state index contributed by atoms with van der Waals surface area (Å²) in [4.78, 5) is 2.44. The van der Waals surface area contributed by atoms with Crippen LogP contribution < -0.4 is 0 Å². The van der Waals surface area contributed by atoms with Crippen LogP contribution in [0, 0.1) is 5.92 Å². The molecule has 0 aromatic rings. The van der Waals surface area contributed by atoms with Gasteiger partial charge in [-0.15, -0.1) is 0 Å². The van der Waals surface area contributed by atoms with Crippen molar-refractivity contribution in [3.8, 4) is 0 Å². The van der Waals surface area contributed by atoms with Gasteiger partial charge in [-0.25, -0.2) is 0 Å². The highest BCUT2D eigenvalue weighted by Gasteiger charge is 2.09. The van der Waals surface area contributed by atoms with Crippen molar-refractivity contribution in [2.45, 2.75) is 26.2 Å².